The van der Waals surface area contributed by atoms with Crippen LogP contribution in [0.25, 0.3) is 10.8 Å². The van der Waals surface area contributed by atoms with E-state index in [1.807, 2.05) is 0 Å². The number of anilines is 1. The lowest BCUT2D eigenvalue weighted by molar-refractivity contribution is -0.117. The Balaban J connectivity index is 1.97. The number of amides is 2. The van der Waals surface area contributed by atoms with Gasteiger partial charge < -0.3 is 10.6 Å². The molecule has 2 amide bonds. The predicted octanol–water partition coefficient (Wildman–Crippen LogP) is 2.05. The third kappa shape index (κ3) is 3.57. The third-order valence-corrected chi connectivity index (χ3v) is 3.95. The number of nitrogens with one attached hydrogen (secondary N) is 2. The van der Waals surface area contributed by atoms with Crippen LogP contribution in [-0.4, -0.2) is 28.6 Å². The van der Waals surface area contributed by atoms with Gasteiger partial charge in [0.25, 0.3) is 11.5 Å². The molecular weight excluding hydrogens is 356 g/mol. The number of fused-ring (bicyclic) bond motifs is 1. The minimum absolute atomic E-state index is 0.0817. The van der Waals surface area contributed by atoms with E-state index < -0.39 is 17.4 Å². The molecule has 2 N–H and O–H groups in total. The van der Waals surface area contributed by atoms with Crippen molar-refractivity contribution < 1.29 is 9.59 Å². The molecule has 0 spiro atoms. The van der Waals surface area contributed by atoms with Gasteiger partial charge in [-0.1, -0.05) is 35.9 Å². The standard InChI is InChI=1S/C18H15ClN4O3/c1-20-17(25)16-13-7-2-3-8-14(13)18(26)23(22-16)10-15(24)21-12-6-4-5-11(19)9-12/h2-9H,10H2,1H3,(H,20,25)(H,21,24). The van der Waals surface area contributed by atoms with Crippen LogP contribution in [0.5, 0.6) is 0 Å². The second-order valence-corrected chi connectivity index (χ2v) is 5.93. The van der Waals surface area contributed by atoms with E-state index in [4.69, 9.17) is 11.6 Å². The van der Waals surface area contributed by atoms with Gasteiger partial charge in [0.1, 0.15) is 6.54 Å². The third-order valence-electron chi connectivity index (χ3n) is 3.71. The lowest BCUT2D eigenvalue weighted by atomic mass is 10.1. The van der Waals surface area contributed by atoms with E-state index in [9.17, 15) is 14.4 Å². The van der Waals surface area contributed by atoms with Crippen LogP contribution < -0.4 is 16.2 Å². The van der Waals surface area contributed by atoms with Crippen molar-refractivity contribution in [1.29, 1.82) is 0 Å². The zero-order valence-electron chi connectivity index (χ0n) is 13.8. The van der Waals surface area contributed by atoms with Gasteiger partial charge in [0.2, 0.25) is 5.91 Å². The maximum absolute atomic E-state index is 12.6. The zero-order valence-corrected chi connectivity index (χ0v) is 14.6. The van der Waals surface area contributed by atoms with Crippen molar-refractivity contribution >= 4 is 39.9 Å². The van der Waals surface area contributed by atoms with E-state index in [1.165, 1.54) is 7.05 Å². The average molecular weight is 371 g/mol. The fourth-order valence-electron chi connectivity index (χ4n) is 2.53. The summed E-state index contributed by atoms with van der Waals surface area (Å²) in [5.41, 5.74) is 0.135. The Morgan fingerprint density at radius 3 is 2.54 bits per heavy atom. The van der Waals surface area contributed by atoms with Crippen LogP contribution in [0.15, 0.2) is 53.3 Å². The molecule has 3 rings (SSSR count). The molecule has 0 saturated carbocycles. The Kier molecular flexibility index (Phi) is 4.99. The quantitative estimate of drug-likeness (QED) is 0.735. The Morgan fingerprint density at radius 2 is 1.85 bits per heavy atom. The van der Waals surface area contributed by atoms with Crippen molar-refractivity contribution in [2.45, 2.75) is 6.54 Å². The number of rotatable bonds is 4. The molecular formula is C18H15ClN4O3. The lowest BCUT2D eigenvalue weighted by Gasteiger charge is -2.10. The predicted molar refractivity (Wildman–Crippen MR) is 99.5 cm³/mol. The second kappa shape index (κ2) is 7.37. The number of hydrogen-bond donors (Lipinski definition) is 2. The van der Waals surface area contributed by atoms with Crippen molar-refractivity contribution in [3.63, 3.8) is 0 Å². The fraction of sp³-hybridized carbons (Fsp3) is 0.111. The molecule has 0 aliphatic rings. The van der Waals surface area contributed by atoms with Gasteiger partial charge in [0.05, 0.1) is 5.39 Å². The molecule has 26 heavy (non-hydrogen) atoms. The van der Waals surface area contributed by atoms with Gasteiger partial charge in [-0.15, -0.1) is 0 Å². The van der Waals surface area contributed by atoms with Crippen LogP contribution in [0.4, 0.5) is 5.69 Å². The SMILES string of the molecule is CNC(=O)c1nn(CC(=O)Nc2cccc(Cl)c2)c(=O)c2ccccc12. The largest absolute Gasteiger partial charge is 0.354 e. The molecule has 7 nitrogen and oxygen atoms in total. The highest BCUT2D eigenvalue weighted by Crippen LogP contribution is 2.15. The Bertz CT molecular complexity index is 1060. The molecule has 1 aromatic heterocycles. The molecule has 0 unspecified atom stereocenters. The van der Waals surface area contributed by atoms with Gasteiger partial charge in [0, 0.05) is 23.1 Å². The first-order valence-corrected chi connectivity index (χ1v) is 8.15. The summed E-state index contributed by atoms with van der Waals surface area (Å²) in [6, 6.07) is 13.3. The Hall–Kier alpha value is -3.19. The van der Waals surface area contributed by atoms with Crippen molar-refractivity contribution in [2.24, 2.45) is 0 Å². The van der Waals surface area contributed by atoms with Crippen LogP contribution >= 0.6 is 11.6 Å². The van der Waals surface area contributed by atoms with Gasteiger partial charge in [0.15, 0.2) is 5.69 Å². The molecule has 0 atom stereocenters. The molecule has 0 aliphatic carbocycles. The van der Waals surface area contributed by atoms with Crippen LogP contribution in [0.1, 0.15) is 10.5 Å². The molecule has 8 heteroatoms. The molecule has 0 aliphatic heterocycles. The van der Waals surface area contributed by atoms with Crippen molar-refractivity contribution in [2.75, 3.05) is 12.4 Å². The molecule has 0 bridgehead atoms. The summed E-state index contributed by atoms with van der Waals surface area (Å²) in [4.78, 5) is 37.0. The summed E-state index contributed by atoms with van der Waals surface area (Å²) >= 11 is 5.89. The van der Waals surface area contributed by atoms with E-state index in [0.29, 0.717) is 21.5 Å². The van der Waals surface area contributed by atoms with E-state index in [-0.39, 0.29) is 12.2 Å². The summed E-state index contributed by atoms with van der Waals surface area (Å²) in [7, 11) is 1.47. The number of nitrogens with zero attached hydrogens (tertiary/aromatic N) is 2. The molecule has 132 valence electrons. The minimum atomic E-state index is -0.458. The monoisotopic (exact) mass is 370 g/mol. The number of halogens is 1. The topological polar surface area (TPSA) is 93.1 Å². The maximum atomic E-state index is 12.6. The Morgan fingerprint density at radius 1 is 1.12 bits per heavy atom. The first-order chi connectivity index (χ1) is 12.5. The fourth-order valence-corrected chi connectivity index (χ4v) is 2.72. The van der Waals surface area contributed by atoms with Crippen LogP contribution in [0, 0.1) is 0 Å². The van der Waals surface area contributed by atoms with Crippen LogP contribution in [-0.2, 0) is 11.3 Å². The summed E-state index contributed by atoms with van der Waals surface area (Å²) < 4.78 is 0.979. The van der Waals surface area contributed by atoms with Gasteiger partial charge in [-0.2, -0.15) is 5.10 Å². The smallest absolute Gasteiger partial charge is 0.275 e. The molecule has 0 fully saturated rings. The highest BCUT2D eigenvalue weighted by Gasteiger charge is 2.17. The van der Waals surface area contributed by atoms with Gasteiger partial charge in [-0.25, -0.2) is 4.68 Å². The van der Waals surface area contributed by atoms with Gasteiger partial charge in [-0.3, -0.25) is 14.4 Å². The molecule has 1 heterocycles. The molecule has 0 radical (unpaired) electrons. The minimum Gasteiger partial charge on any atom is -0.354 e. The molecule has 0 saturated heterocycles. The average Bonchev–Trinajstić information content (AvgIpc) is 2.63. The maximum Gasteiger partial charge on any atom is 0.275 e. The van der Waals surface area contributed by atoms with Crippen LogP contribution in [0.3, 0.4) is 0 Å². The highest BCUT2D eigenvalue weighted by atomic mass is 35.5. The highest BCUT2D eigenvalue weighted by molar-refractivity contribution is 6.30. The van der Waals surface area contributed by atoms with Crippen molar-refractivity contribution in [3.05, 3.63) is 69.6 Å². The van der Waals surface area contributed by atoms with Crippen LogP contribution in [0.2, 0.25) is 5.02 Å². The first kappa shape index (κ1) is 17.6. The van der Waals surface area contributed by atoms with Crippen molar-refractivity contribution in [3.8, 4) is 0 Å². The van der Waals surface area contributed by atoms with Gasteiger partial charge >= 0.3 is 0 Å². The summed E-state index contributed by atoms with van der Waals surface area (Å²) in [5.74, 6) is -0.898. The number of carbonyl (C=O) groups is 2. The molecule has 2 aromatic carbocycles. The van der Waals surface area contributed by atoms with Gasteiger partial charge in [-0.05, 0) is 24.3 Å². The number of aromatic nitrogens is 2. The van der Waals surface area contributed by atoms with Crippen molar-refractivity contribution in [1.82, 2.24) is 15.1 Å². The summed E-state index contributed by atoms with van der Waals surface area (Å²) in [6.45, 7) is -0.333. The normalized spacial score (nSPS) is 10.5. The number of benzene rings is 2. The second-order valence-electron chi connectivity index (χ2n) is 5.49. The first-order valence-electron chi connectivity index (χ1n) is 7.77. The van der Waals surface area contributed by atoms with E-state index in [0.717, 1.165) is 4.68 Å². The number of carbonyl (C=O) groups excluding carboxylic acids is 2. The van der Waals surface area contributed by atoms with E-state index in [1.54, 1.807) is 48.5 Å². The summed E-state index contributed by atoms with van der Waals surface area (Å²) in [5, 5.41) is 10.4. The number of hydrogen-bond acceptors (Lipinski definition) is 4. The van der Waals surface area contributed by atoms with E-state index >= 15 is 0 Å². The Labute approximate surface area is 153 Å². The van der Waals surface area contributed by atoms with E-state index in [2.05, 4.69) is 15.7 Å². The zero-order chi connectivity index (χ0) is 18.7. The summed E-state index contributed by atoms with van der Waals surface area (Å²) in [6.07, 6.45) is 0. The lowest BCUT2D eigenvalue weighted by Crippen LogP contribution is -2.33. The molecule has 3 aromatic rings.